The maximum Gasteiger partial charge on any atom is 0.0815 e. The lowest BCUT2D eigenvalue weighted by Crippen LogP contribution is -2.32. The zero-order chi connectivity index (χ0) is 11.6. The fourth-order valence-corrected chi connectivity index (χ4v) is 3.07. The largest absolute Gasteiger partial charge is 0.373 e. The molecule has 0 radical (unpaired) electrons. The van der Waals surface area contributed by atoms with Crippen LogP contribution in [0.1, 0.15) is 39.5 Å². The maximum absolute atomic E-state index is 5.43. The molecule has 3 atom stereocenters. The summed E-state index contributed by atoms with van der Waals surface area (Å²) in [6.07, 6.45) is 7.92. The van der Waals surface area contributed by atoms with E-state index in [2.05, 4.69) is 26.5 Å². The minimum Gasteiger partial charge on any atom is -0.373 e. The van der Waals surface area contributed by atoms with Crippen LogP contribution in [0.25, 0.3) is 0 Å². The summed E-state index contributed by atoms with van der Waals surface area (Å²) in [6.45, 7) is 10.5. The topological polar surface area (TPSA) is 25.1 Å². The Bertz CT molecular complexity index is 227. The molecule has 3 unspecified atom stereocenters. The van der Waals surface area contributed by atoms with E-state index in [9.17, 15) is 0 Å². The summed E-state index contributed by atoms with van der Waals surface area (Å²) in [6, 6.07) is 0. The van der Waals surface area contributed by atoms with Gasteiger partial charge in [0.25, 0.3) is 0 Å². The predicted octanol–water partition coefficient (Wildman–Crippen LogP) is 3.17. The van der Waals surface area contributed by atoms with Crippen molar-refractivity contribution in [3.63, 3.8) is 0 Å². The molecule has 2 aliphatic heterocycles. The molecule has 92 valence electrons. The highest BCUT2D eigenvalue weighted by Crippen LogP contribution is 2.47. The van der Waals surface area contributed by atoms with E-state index in [1.165, 1.54) is 25.7 Å². The van der Waals surface area contributed by atoms with Gasteiger partial charge in [0.1, 0.15) is 0 Å². The first-order valence-corrected chi connectivity index (χ1v) is 6.60. The summed E-state index contributed by atoms with van der Waals surface area (Å²) in [5, 5.41) is 0. The van der Waals surface area contributed by atoms with Crippen molar-refractivity contribution in [3.05, 3.63) is 12.7 Å². The lowest BCUT2D eigenvalue weighted by atomic mass is 9.66. The summed E-state index contributed by atoms with van der Waals surface area (Å²) in [5.74, 6) is 0.603. The van der Waals surface area contributed by atoms with Gasteiger partial charge in [0.2, 0.25) is 0 Å². The molecule has 0 aliphatic carbocycles. The van der Waals surface area contributed by atoms with Gasteiger partial charge in [0, 0.05) is 0 Å². The zero-order valence-electron chi connectivity index (χ0n) is 10.6. The lowest BCUT2D eigenvalue weighted by molar-refractivity contribution is 0.118. The first-order chi connectivity index (χ1) is 7.74. The number of ether oxygens (including phenoxy) is 2. The van der Waals surface area contributed by atoms with Crippen LogP contribution in [0.15, 0.2) is 12.7 Å². The highest BCUT2D eigenvalue weighted by atomic mass is 16.6. The second-order valence-electron chi connectivity index (χ2n) is 5.29. The van der Waals surface area contributed by atoms with E-state index in [1.807, 2.05) is 0 Å². The van der Waals surface area contributed by atoms with Crippen LogP contribution >= 0.6 is 0 Å². The molecule has 16 heavy (non-hydrogen) atoms. The average molecular weight is 224 g/mol. The molecule has 2 heterocycles. The zero-order valence-corrected chi connectivity index (χ0v) is 10.6. The van der Waals surface area contributed by atoms with Crippen LogP contribution < -0.4 is 0 Å². The Balaban J connectivity index is 2.07. The Labute approximate surface area is 99.0 Å². The van der Waals surface area contributed by atoms with E-state index in [0.717, 1.165) is 13.2 Å². The van der Waals surface area contributed by atoms with Crippen molar-refractivity contribution in [1.29, 1.82) is 0 Å². The number of hydrogen-bond acceptors (Lipinski definition) is 2. The normalized spacial score (nSPS) is 32.9. The van der Waals surface area contributed by atoms with E-state index in [4.69, 9.17) is 9.47 Å². The van der Waals surface area contributed by atoms with Gasteiger partial charge in [-0.15, -0.1) is 6.58 Å². The molecule has 2 nitrogen and oxygen atoms in total. The average Bonchev–Trinajstić information content (AvgIpc) is 3.15. The molecule has 0 spiro atoms. The van der Waals surface area contributed by atoms with E-state index in [-0.39, 0.29) is 0 Å². The van der Waals surface area contributed by atoms with Crippen LogP contribution in [0.5, 0.6) is 0 Å². The summed E-state index contributed by atoms with van der Waals surface area (Å²) >= 11 is 0. The van der Waals surface area contributed by atoms with Crippen molar-refractivity contribution >= 4 is 0 Å². The monoisotopic (exact) mass is 224 g/mol. The van der Waals surface area contributed by atoms with E-state index in [1.54, 1.807) is 0 Å². The van der Waals surface area contributed by atoms with Crippen molar-refractivity contribution < 1.29 is 9.47 Å². The van der Waals surface area contributed by atoms with Gasteiger partial charge in [-0.1, -0.05) is 19.9 Å². The molecule has 2 heteroatoms. The fraction of sp³-hybridized carbons (Fsp3) is 0.857. The van der Waals surface area contributed by atoms with E-state index < -0.39 is 0 Å². The molecule has 2 aliphatic rings. The van der Waals surface area contributed by atoms with Crippen molar-refractivity contribution in [3.8, 4) is 0 Å². The van der Waals surface area contributed by atoms with Crippen LogP contribution in [-0.2, 0) is 9.47 Å². The molecule has 0 aromatic heterocycles. The Hall–Kier alpha value is -0.340. The molecule has 0 bridgehead atoms. The molecule has 0 aromatic rings. The summed E-state index contributed by atoms with van der Waals surface area (Å²) in [4.78, 5) is 0. The van der Waals surface area contributed by atoms with Gasteiger partial charge in [0.05, 0.1) is 25.4 Å². The number of rotatable bonds is 8. The van der Waals surface area contributed by atoms with Gasteiger partial charge in [-0.3, -0.25) is 0 Å². The van der Waals surface area contributed by atoms with Gasteiger partial charge in [-0.2, -0.15) is 0 Å². The van der Waals surface area contributed by atoms with Crippen LogP contribution in [0.4, 0.5) is 0 Å². The van der Waals surface area contributed by atoms with Crippen molar-refractivity contribution in [2.45, 2.75) is 51.7 Å². The number of hydrogen-bond donors (Lipinski definition) is 0. The van der Waals surface area contributed by atoms with Crippen LogP contribution in [0.2, 0.25) is 0 Å². The van der Waals surface area contributed by atoms with Gasteiger partial charge in [0.15, 0.2) is 0 Å². The van der Waals surface area contributed by atoms with E-state index in [0.29, 0.717) is 23.5 Å². The Morgan fingerprint density at radius 3 is 2.00 bits per heavy atom. The summed E-state index contributed by atoms with van der Waals surface area (Å²) in [7, 11) is 0. The molecule has 0 amide bonds. The third kappa shape index (κ3) is 2.67. The summed E-state index contributed by atoms with van der Waals surface area (Å²) in [5.41, 5.74) is 0.360. The fourth-order valence-electron chi connectivity index (χ4n) is 3.07. The highest BCUT2D eigenvalue weighted by molar-refractivity contribution is 4.99. The quantitative estimate of drug-likeness (QED) is 0.467. The molecule has 2 fully saturated rings. The maximum atomic E-state index is 5.43. The summed E-state index contributed by atoms with van der Waals surface area (Å²) < 4.78 is 10.9. The third-order valence-corrected chi connectivity index (χ3v) is 4.29. The smallest absolute Gasteiger partial charge is 0.0815 e. The predicted molar refractivity (Wildman–Crippen MR) is 65.4 cm³/mol. The molecule has 0 saturated carbocycles. The molecule has 2 rings (SSSR count). The van der Waals surface area contributed by atoms with Crippen molar-refractivity contribution in [2.75, 3.05) is 13.2 Å². The Morgan fingerprint density at radius 1 is 1.25 bits per heavy atom. The van der Waals surface area contributed by atoms with Gasteiger partial charge in [-0.05, 0) is 37.0 Å². The minimum absolute atomic E-state index is 0.360. The standard InChI is InChI=1S/C14H24O2/c1-4-11(5-2)14(6-3,7-12-9-15-12)8-13-10-16-13/h4,11-13H,1,5-10H2,2-3H3. The number of allylic oxidation sites excluding steroid dienone is 1. The van der Waals surface area contributed by atoms with Crippen molar-refractivity contribution in [1.82, 2.24) is 0 Å². The lowest BCUT2D eigenvalue weighted by Gasteiger charge is -2.38. The van der Waals surface area contributed by atoms with Crippen LogP contribution in [-0.4, -0.2) is 25.4 Å². The Morgan fingerprint density at radius 2 is 1.75 bits per heavy atom. The van der Waals surface area contributed by atoms with Gasteiger partial charge in [-0.25, -0.2) is 0 Å². The minimum atomic E-state index is 0.360. The highest BCUT2D eigenvalue weighted by Gasteiger charge is 2.44. The second kappa shape index (κ2) is 4.89. The van der Waals surface area contributed by atoms with Gasteiger partial charge >= 0.3 is 0 Å². The third-order valence-electron chi connectivity index (χ3n) is 4.29. The second-order valence-corrected chi connectivity index (χ2v) is 5.29. The van der Waals surface area contributed by atoms with Gasteiger partial charge < -0.3 is 9.47 Å². The van der Waals surface area contributed by atoms with Crippen LogP contribution in [0.3, 0.4) is 0 Å². The molecular weight excluding hydrogens is 200 g/mol. The molecule has 2 saturated heterocycles. The Kier molecular flexibility index (Phi) is 3.70. The number of epoxide rings is 2. The van der Waals surface area contributed by atoms with E-state index >= 15 is 0 Å². The first kappa shape index (κ1) is 12.1. The SMILES string of the molecule is C=CC(CC)C(CC)(CC1CO1)CC1CO1. The molecule has 0 N–H and O–H groups in total. The van der Waals surface area contributed by atoms with Crippen molar-refractivity contribution in [2.24, 2.45) is 11.3 Å². The molecule has 0 aromatic carbocycles. The molecular formula is C14H24O2. The van der Waals surface area contributed by atoms with Crippen LogP contribution in [0, 0.1) is 11.3 Å². The first-order valence-electron chi connectivity index (χ1n) is 6.60.